The van der Waals surface area contributed by atoms with E-state index in [0.717, 1.165) is 18.9 Å². The third kappa shape index (κ3) is 6.57. The minimum atomic E-state index is -0.901. The van der Waals surface area contributed by atoms with Crippen LogP contribution in [-0.2, 0) is 9.53 Å². The van der Waals surface area contributed by atoms with Gasteiger partial charge in [-0.25, -0.2) is 9.59 Å². The summed E-state index contributed by atoms with van der Waals surface area (Å²) in [4.78, 5) is 45.9. The summed E-state index contributed by atoms with van der Waals surface area (Å²) >= 11 is 0. The Morgan fingerprint density at radius 3 is 2.48 bits per heavy atom. The van der Waals surface area contributed by atoms with Gasteiger partial charge in [0.2, 0.25) is 0 Å². The van der Waals surface area contributed by atoms with E-state index in [1.807, 2.05) is 5.32 Å². The lowest BCUT2D eigenvalue weighted by Crippen LogP contribution is -2.49. The number of nitrogens with zero attached hydrogens (tertiary/aromatic N) is 1. The Balaban J connectivity index is 1.93. The minimum absolute atomic E-state index is 0.0602. The number of imide groups is 1. The summed E-state index contributed by atoms with van der Waals surface area (Å²) < 4.78 is 4.81. The number of benzene rings is 1. The second-order valence-corrected chi connectivity index (χ2v) is 7.24. The molecule has 0 atom stereocenters. The normalized spacial score (nSPS) is 13.4. The lowest BCUT2D eigenvalue weighted by molar-refractivity contribution is -0.384. The van der Waals surface area contributed by atoms with Crippen LogP contribution in [0.4, 0.5) is 16.2 Å². The predicted octanol–water partition coefficient (Wildman–Crippen LogP) is 1.95. The van der Waals surface area contributed by atoms with Gasteiger partial charge < -0.3 is 15.4 Å². The SMILES string of the molecule is CC(C)(C)NC(=O)NC(=O)COC(=O)c1ccc(NC2CC2)c([N+](=O)[O-])c1. The molecule has 27 heavy (non-hydrogen) atoms. The van der Waals surface area contributed by atoms with Crippen molar-refractivity contribution in [2.45, 2.75) is 45.2 Å². The van der Waals surface area contributed by atoms with Gasteiger partial charge in [-0.3, -0.25) is 20.2 Å². The summed E-state index contributed by atoms with van der Waals surface area (Å²) in [5.41, 5.74) is -0.507. The van der Waals surface area contributed by atoms with Gasteiger partial charge in [0, 0.05) is 17.6 Å². The summed E-state index contributed by atoms with van der Waals surface area (Å²) in [6.45, 7) is 4.54. The number of ether oxygens (including phenoxy) is 1. The van der Waals surface area contributed by atoms with E-state index in [2.05, 4.69) is 10.6 Å². The molecule has 1 aliphatic carbocycles. The molecule has 0 heterocycles. The number of carbonyl (C=O) groups excluding carboxylic acids is 3. The first kappa shape index (κ1) is 20.1. The predicted molar refractivity (Wildman–Crippen MR) is 96.5 cm³/mol. The maximum Gasteiger partial charge on any atom is 0.338 e. The highest BCUT2D eigenvalue weighted by atomic mass is 16.6. The molecule has 1 fully saturated rings. The van der Waals surface area contributed by atoms with E-state index >= 15 is 0 Å². The number of anilines is 1. The van der Waals surface area contributed by atoms with Gasteiger partial charge in [-0.15, -0.1) is 0 Å². The first-order valence-corrected chi connectivity index (χ1v) is 8.39. The standard InChI is InChI=1S/C17H22N4O6/c1-17(2,3)20-16(24)19-14(22)9-27-15(23)10-4-7-12(18-11-5-6-11)13(8-10)21(25)26/h4,7-8,11,18H,5-6,9H2,1-3H3,(H2,19,20,22,24). The Morgan fingerprint density at radius 2 is 1.93 bits per heavy atom. The van der Waals surface area contributed by atoms with Crippen LogP contribution in [0, 0.1) is 10.1 Å². The topological polar surface area (TPSA) is 140 Å². The van der Waals surface area contributed by atoms with Crippen LogP contribution in [0.25, 0.3) is 0 Å². The van der Waals surface area contributed by atoms with E-state index in [0.29, 0.717) is 5.69 Å². The molecule has 0 bridgehead atoms. The van der Waals surface area contributed by atoms with Crippen LogP contribution in [0.2, 0.25) is 0 Å². The van der Waals surface area contributed by atoms with Crippen molar-refractivity contribution >= 4 is 29.3 Å². The smallest absolute Gasteiger partial charge is 0.338 e. The second-order valence-electron chi connectivity index (χ2n) is 7.24. The Hall–Kier alpha value is -3.17. The van der Waals surface area contributed by atoms with Gasteiger partial charge in [0.05, 0.1) is 10.5 Å². The molecule has 3 amide bonds. The largest absolute Gasteiger partial charge is 0.452 e. The van der Waals surface area contributed by atoms with Crippen molar-refractivity contribution in [2.24, 2.45) is 0 Å². The van der Waals surface area contributed by atoms with Crippen LogP contribution in [0.1, 0.15) is 44.0 Å². The summed E-state index contributed by atoms with van der Waals surface area (Å²) in [7, 11) is 0. The third-order valence-electron chi connectivity index (χ3n) is 3.44. The maximum atomic E-state index is 12.0. The molecule has 146 valence electrons. The monoisotopic (exact) mass is 378 g/mol. The van der Waals surface area contributed by atoms with Crippen LogP contribution in [-0.4, -0.2) is 41.0 Å². The fourth-order valence-electron chi connectivity index (χ4n) is 2.13. The van der Waals surface area contributed by atoms with Crippen LogP contribution in [0.5, 0.6) is 0 Å². The fraction of sp³-hybridized carbons (Fsp3) is 0.471. The molecule has 0 spiro atoms. The van der Waals surface area contributed by atoms with E-state index < -0.39 is 35.0 Å². The van der Waals surface area contributed by atoms with Crippen LogP contribution in [0.3, 0.4) is 0 Å². The molecular weight excluding hydrogens is 356 g/mol. The highest BCUT2D eigenvalue weighted by Gasteiger charge is 2.26. The van der Waals surface area contributed by atoms with Crippen molar-refractivity contribution in [2.75, 3.05) is 11.9 Å². The molecule has 0 aliphatic heterocycles. The summed E-state index contributed by atoms with van der Waals surface area (Å²) in [6, 6.07) is 3.41. The number of nitrogens with one attached hydrogen (secondary N) is 3. The first-order valence-electron chi connectivity index (χ1n) is 8.39. The van der Waals surface area contributed by atoms with E-state index in [-0.39, 0.29) is 17.3 Å². The van der Waals surface area contributed by atoms with Crippen molar-refractivity contribution in [3.63, 3.8) is 0 Å². The molecule has 10 heteroatoms. The Morgan fingerprint density at radius 1 is 1.26 bits per heavy atom. The van der Waals surface area contributed by atoms with Gasteiger partial charge in [-0.05, 0) is 45.7 Å². The average molecular weight is 378 g/mol. The first-order chi connectivity index (χ1) is 12.5. The summed E-state index contributed by atoms with van der Waals surface area (Å²) in [6.07, 6.45) is 1.89. The van der Waals surface area contributed by atoms with Crippen LogP contribution in [0.15, 0.2) is 18.2 Å². The van der Waals surface area contributed by atoms with Gasteiger partial charge >= 0.3 is 12.0 Å². The molecule has 0 unspecified atom stereocenters. The maximum absolute atomic E-state index is 12.0. The zero-order valence-corrected chi connectivity index (χ0v) is 15.3. The average Bonchev–Trinajstić information content (AvgIpc) is 3.34. The molecule has 1 saturated carbocycles. The Kier molecular flexibility index (Phi) is 5.98. The van der Waals surface area contributed by atoms with Crippen LogP contribution < -0.4 is 16.0 Å². The number of urea groups is 1. The van der Waals surface area contributed by atoms with E-state index in [4.69, 9.17) is 4.74 Å². The van der Waals surface area contributed by atoms with Crippen molar-refractivity contribution in [1.82, 2.24) is 10.6 Å². The molecule has 0 aromatic heterocycles. The lowest BCUT2D eigenvalue weighted by atomic mass is 10.1. The van der Waals surface area contributed by atoms with E-state index in [9.17, 15) is 24.5 Å². The number of carbonyl (C=O) groups is 3. The highest BCUT2D eigenvalue weighted by Crippen LogP contribution is 2.31. The van der Waals surface area contributed by atoms with E-state index in [1.165, 1.54) is 12.1 Å². The number of esters is 1. The van der Waals surface area contributed by atoms with Crippen molar-refractivity contribution in [3.05, 3.63) is 33.9 Å². The number of nitro benzene ring substituents is 1. The minimum Gasteiger partial charge on any atom is -0.452 e. The number of amides is 3. The fourth-order valence-corrected chi connectivity index (χ4v) is 2.13. The summed E-state index contributed by atoms with van der Waals surface area (Å²) in [5, 5.41) is 18.8. The van der Waals surface area contributed by atoms with E-state index in [1.54, 1.807) is 20.8 Å². The highest BCUT2D eigenvalue weighted by molar-refractivity contribution is 5.97. The quantitative estimate of drug-likeness (QED) is 0.390. The van der Waals surface area contributed by atoms with Crippen molar-refractivity contribution in [3.8, 4) is 0 Å². The number of hydrogen-bond donors (Lipinski definition) is 3. The van der Waals surface area contributed by atoms with Gasteiger partial charge in [-0.1, -0.05) is 0 Å². The van der Waals surface area contributed by atoms with Crippen molar-refractivity contribution in [1.29, 1.82) is 0 Å². The zero-order chi connectivity index (χ0) is 20.2. The summed E-state index contributed by atoms with van der Waals surface area (Å²) in [5.74, 6) is -1.71. The molecule has 2 rings (SSSR count). The molecule has 0 saturated heterocycles. The van der Waals surface area contributed by atoms with Gasteiger partial charge in [0.1, 0.15) is 5.69 Å². The van der Waals surface area contributed by atoms with Gasteiger partial charge in [-0.2, -0.15) is 0 Å². The van der Waals surface area contributed by atoms with Gasteiger partial charge in [0.25, 0.3) is 11.6 Å². The number of hydrogen-bond acceptors (Lipinski definition) is 7. The van der Waals surface area contributed by atoms with Crippen LogP contribution >= 0.6 is 0 Å². The molecule has 1 aliphatic rings. The number of nitro groups is 1. The zero-order valence-electron chi connectivity index (χ0n) is 15.3. The molecule has 1 aromatic carbocycles. The number of rotatable bonds is 6. The Bertz CT molecular complexity index is 767. The second kappa shape index (κ2) is 8.02. The third-order valence-corrected chi connectivity index (χ3v) is 3.44. The molecule has 3 N–H and O–H groups in total. The Labute approximate surface area is 155 Å². The van der Waals surface area contributed by atoms with Gasteiger partial charge in [0.15, 0.2) is 6.61 Å². The lowest BCUT2D eigenvalue weighted by Gasteiger charge is -2.20. The molecule has 1 aromatic rings. The molecular formula is C17H22N4O6. The molecule has 0 radical (unpaired) electrons. The molecule has 10 nitrogen and oxygen atoms in total. The van der Waals surface area contributed by atoms with Crippen molar-refractivity contribution < 1.29 is 24.0 Å².